The number of esters is 1. The number of hydrogen-bond acceptors (Lipinski definition) is 10. The van der Waals surface area contributed by atoms with Gasteiger partial charge < -0.3 is 18.9 Å². The van der Waals surface area contributed by atoms with Crippen molar-refractivity contribution in [2.24, 2.45) is 4.99 Å². The highest BCUT2D eigenvalue weighted by molar-refractivity contribution is 7.52. The molecule has 0 saturated carbocycles. The van der Waals surface area contributed by atoms with E-state index in [2.05, 4.69) is 25.0 Å². The van der Waals surface area contributed by atoms with E-state index in [1.165, 1.54) is 19.6 Å². The maximum Gasteiger partial charge on any atom is 0.459 e. The van der Waals surface area contributed by atoms with Gasteiger partial charge in [-0.05, 0) is 39.3 Å². The lowest BCUT2D eigenvalue weighted by molar-refractivity contribution is -0.149. The van der Waals surface area contributed by atoms with Crippen LogP contribution in [0, 0.1) is 0 Å². The van der Waals surface area contributed by atoms with Crippen molar-refractivity contribution in [1.82, 2.24) is 29.5 Å². The fourth-order valence-electron chi connectivity index (χ4n) is 3.90. The van der Waals surface area contributed by atoms with Crippen molar-refractivity contribution in [2.45, 2.75) is 57.0 Å². The van der Waals surface area contributed by atoms with Gasteiger partial charge in [0.25, 0.3) is 5.56 Å². The predicted molar refractivity (Wildman–Crippen MR) is 153 cm³/mol. The Hall–Kier alpha value is -3.29. The van der Waals surface area contributed by atoms with Crippen LogP contribution in [0.15, 0.2) is 46.4 Å². The average Bonchev–Trinajstić information content (AvgIpc) is 3.49. The standard InChI is InChI=1S/C25H33ClN7O7P/c1-15(2)38-24(35)16(3)31-41(36,40-17-9-7-6-8-10-17)37-12-18-11-19(26)23(39-18)33-14-27-20-21(33)29-25(30-22(20)34)28-13-32(4)5/h6-10,13-16,18-19,23H,11-12H2,1-5H3,(H,31,36)(H,29,30,34). The molecule has 0 spiro atoms. The first-order valence-corrected chi connectivity index (χ1v) is 14.9. The molecule has 14 nitrogen and oxygen atoms in total. The van der Waals surface area contributed by atoms with E-state index < -0.39 is 43.0 Å². The summed E-state index contributed by atoms with van der Waals surface area (Å²) in [4.78, 5) is 41.9. The van der Waals surface area contributed by atoms with Crippen LogP contribution in [0.4, 0.5) is 5.95 Å². The van der Waals surface area contributed by atoms with Gasteiger partial charge in [-0.25, -0.2) is 14.5 Å². The number of carbonyl (C=O) groups is 1. The summed E-state index contributed by atoms with van der Waals surface area (Å²) in [6.45, 7) is 4.75. The number of halogens is 1. The molecule has 16 heteroatoms. The second-order valence-corrected chi connectivity index (χ2v) is 12.1. The number of aromatic nitrogens is 4. The lowest BCUT2D eigenvalue weighted by Crippen LogP contribution is -2.36. The lowest BCUT2D eigenvalue weighted by atomic mass is 10.2. The summed E-state index contributed by atoms with van der Waals surface area (Å²) in [7, 11) is -0.514. The molecule has 5 unspecified atom stereocenters. The molecule has 1 fully saturated rings. The van der Waals surface area contributed by atoms with Crippen LogP contribution in [0.3, 0.4) is 0 Å². The Morgan fingerprint density at radius 1 is 1.34 bits per heavy atom. The Morgan fingerprint density at radius 2 is 2.07 bits per heavy atom. The number of aliphatic imine (C=N–C) groups is 1. The number of aromatic amines is 1. The minimum absolute atomic E-state index is 0.0946. The van der Waals surface area contributed by atoms with E-state index in [4.69, 9.17) is 30.1 Å². The van der Waals surface area contributed by atoms with Crippen molar-refractivity contribution < 1.29 is 27.9 Å². The summed E-state index contributed by atoms with van der Waals surface area (Å²) >= 11 is 6.64. The number of nitrogens with zero attached hydrogens (tertiary/aromatic N) is 5. The normalized spacial score (nSPS) is 21.3. The summed E-state index contributed by atoms with van der Waals surface area (Å²) in [5, 5.41) is 2.09. The molecule has 1 aliphatic rings. The molecule has 1 saturated heterocycles. The zero-order valence-electron chi connectivity index (χ0n) is 23.3. The average molecular weight is 610 g/mol. The maximum absolute atomic E-state index is 13.8. The molecule has 3 aromatic rings. The first kappa shape index (κ1) is 30.7. The van der Waals surface area contributed by atoms with Crippen LogP contribution in [0.25, 0.3) is 11.2 Å². The number of ether oxygens (including phenoxy) is 2. The number of benzene rings is 1. The molecule has 0 amide bonds. The molecule has 1 aromatic carbocycles. The number of imidazole rings is 1. The minimum Gasteiger partial charge on any atom is -0.462 e. The van der Waals surface area contributed by atoms with Gasteiger partial charge in [-0.2, -0.15) is 10.1 Å². The second kappa shape index (κ2) is 13.1. The van der Waals surface area contributed by atoms with Crippen molar-refractivity contribution in [3.63, 3.8) is 0 Å². The highest BCUT2D eigenvalue weighted by atomic mass is 35.5. The molecule has 2 N–H and O–H groups in total. The Balaban J connectivity index is 1.50. The number of para-hydroxylation sites is 1. The highest BCUT2D eigenvalue weighted by Crippen LogP contribution is 2.46. The molecule has 1 aliphatic heterocycles. The van der Waals surface area contributed by atoms with Crippen LogP contribution in [0.5, 0.6) is 5.75 Å². The molecule has 4 rings (SSSR count). The van der Waals surface area contributed by atoms with Crippen LogP contribution in [-0.2, 0) is 23.4 Å². The van der Waals surface area contributed by atoms with Gasteiger partial charge in [0.2, 0.25) is 5.95 Å². The van der Waals surface area contributed by atoms with Crippen LogP contribution in [0.2, 0.25) is 0 Å². The van der Waals surface area contributed by atoms with Crippen molar-refractivity contribution >= 4 is 48.8 Å². The Bertz CT molecular complexity index is 1480. The van der Waals surface area contributed by atoms with Gasteiger partial charge in [0.05, 0.1) is 36.9 Å². The van der Waals surface area contributed by atoms with Crippen LogP contribution < -0.4 is 15.2 Å². The van der Waals surface area contributed by atoms with Gasteiger partial charge in [-0.15, -0.1) is 11.6 Å². The van der Waals surface area contributed by atoms with E-state index in [1.807, 2.05) is 0 Å². The van der Waals surface area contributed by atoms with Gasteiger partial charge >= 0.3 is 13.7 Å². The molecule has 222 valence electrons. The Labute approximate surface area is 241 Å². The lowest BCUT2D eigenvalue weighted by Gasteiger charge is -2.24. The summed E-state index contributed by atoms with van der Waals surface area (Å²) in [6.07, 6.45) is 1.52. The predicted octanol–water partition coefficient (Wildman–Crippen LogP) is 3.37. The number of carbonyl (C=O) groups excluding carboxylic acids is 1. The largest absolute Gasteiger partial charge is 0.462 e. The smallest absolute Gasteiger partial charge is 0.459 e. The van der Waals surface area contributed by atoms with Crippen LogP contribution in [-0.4, -0.2) is 81.1 Å². The van der Waals surface area contributed by atoms with Gasteiger partial charge in [0, 0.05) is 14.1 Å². The number of H-pyrrole nitrogens is 1. The summed E-state index contributed by atoms with van der Waals surface area (Å²) in [5.41, 5.74) is -0.110. The maximum atomic E-state index is 13.8. The van der Waals surface area contributed by atoms with E-state index in [-0.39, 0.29) is 35.6 Å². The quantitative estimate of drug-likeness (QED) is 0.102. The van der Waals surface area contributed by atoms with Gasteiger partial charge in [-0.3, -0.25) is 23.7 Å². The summed E-state index contributed by atoms with van der Waals surface area (Å²) < 4.78 is 38.1. The van der Waals surface area contributed by atoms with Crippen LogP contribution in [0.1, 0.15) is 33.4 Å². The van der Waals surface area contributed by atoms with Crippen molar-refractivity contribution in [3.05, 3.63) is 47.0 Å². The third-order valence-electron chi connectivity index (χ3n) is 5.69. The highest BCUT2D eigenvalue weighted by Gasteiger charge is 2.39. The van der Waals surface area contributed by atoms with E-state index in [9.17, 15) is 14.2 Å². The molecular weight excluding hydrogens is 577 g/mol. The SMILES string of the molecule is CC(C)OC(=O)C(C)NP(=O)(OCC1CC(Cl)C(n2cnc3c(=O)[nH]c(N=CN(C)C)nc32)O1)Oc1ccccc1. The molecule has 5 atom stereocenters. The van der Waals surface area contributed by atoms with Crippen LogP contribution >= 0.6 is 19.3 Å². The summed E-state index contributed by atoms with van der Waals surface area (Å²) in [6, 6.07) is 7.44. The number of fused-ring (bicyclic) bond motifs is 1. The first-order valence-electron chi connectivity index (χ1n) is 12.9. The Morgan fingerprint density at radius 3 is 2.76 bits per heavy atom. The van der Waals surface area contributed by atoms with E-state index >= 15 is 0 Å². The molecule has 41 heavy (non-hydrogen) atoms. The number of alkyl halides is 1. The molecule has 3 heterocycles. The van der Waals surface area contributed by atoms with Gasteiger partial charge in [0.15, 0.2) is 17.4 Å². The topological polar surface area (TPSA) is 162 Å². The zero-order valence-corrected chi connectivity index (χ0v) is 24.9. The van der Waals surface area contributed by atoms with Crippen molar-refractivity contribution in [3.8, 4) is 5.75 Å². The fourth-order valence-corrected chi connectivity index (χ4v) is 5.80. The third-order valence-corrected chi connectivity index (χ3v) is 7.73. The van der Waals surface area contributed by atoms with Crippen molar-refractivity contribution in [1.29, 1.82) is 0 Å². The first-order chi connectivity index (χ1) is 19.4. The van der Waals surface area contributed by atoms with Gasteiger partial charge in [-0.1, -0.05) is 18.2 Å². The third kappa shape index (κ3) is 7.92. The number of hydrogen-bond donors (Lipinski definition) is 2. The number of nitrogens with one attached hydrogen (secondary N) is 2. The zero-order chi connectivity index (χ0) is 29.7. The monoisotopic (exact) mass is 609 g/mol. The van der Waals surface area contributed by atoms with E-state index in [0.29, 0.717) is 6.42 Å². The molecule has 0 radical (unpaired) electrons. The molecule has 0 aliphatic carbocycles. The van der Waals surface area contributed by atoms with Crippen molar-refractivity contribution in [2.75, 3.05) is 20.7 Å². The minimum atomic E-state index is -4.09. The second-order valence-electron chi connectivity index (χ2n) is 9.86. The Kier molecular flexibility index (Phi) is 9.82. The molecule has 0 bridgehead atoms. The number of rotatable bonds is 12. The van der Waals surface area contributed by atoms with Gasteiger partial charge in [0.1, 0.15) is 11.8 Å². The fraction of sp³-hybridized carbons (Fsp3) is 0.480. The van der Waals surface area contributed by atoms with E-state index in [1.54, 1.807) is 67.7 Å². The summed E-state index contributed by atoms with van der Waals surface area (Å²) in [5.74, 6) is -0.235. The van der Waals surface area contributed by atoms with E-state index in [0.717, 1.165) is 0 Å². The molecular formula is C25H33ClN7O7P. The molecule has 2 aromatic heterocycles.